The molecule has 4 aromatic carbocycles. The van der Waals surface area contributed by atoms with Gasteiger partial charge in [-0.15, -0.1) is 10.2 Å². The lowest BCUT2D eigenvalue weighted by Crippen LogP contribution is -2.31. The van der Waals surface area contributed by atoms with E-state index in [2.05, 4.69) is 10.2 Å². The van der Waals surface area contributed by atoms with E-state index in [0.29, 0.717) is 50.5 Å². The van der Waals surface area contributed by atoms with E-state index in [1.54, 1.807) is 42.5 Å². The second kappa shape index (κ2) is 13.9. The smallest absolute Gasteiger partial charge is 0.296 e. The van der Waals surface area contributed by atoms with E-state index in [0.717, 1.165) is 11.1 Å². The van der Waals surface area contributed by atoms with Crippen LogP contribution in [0.3, 0.4) is 0 Å². The molecule has 2 aromatic heterocycles. The minimum Gasteiger partial charge on any atom is -0.503 e. The summed E-state index contributed by atoms with van der Waals surface area (Å²) >= 11 is 2.67. The maximum Gasteiger partial charge on any atom is 0.296 e. The summed E-state index contributed by atoms with van der Waals surface area (Å²) in [5, 5.41) is 20.9. The highest BCUT2D eigenvalue weighted by Crippen LogP contribution is 2.46. The fourth-order valence-corrected chi connectivity index (χ4v) is 7.40. The molecule has 6 aromatic rings. The Bertz CT molecular complexity index is 2180. The van der Waals surface area contributed by atoms with Crippen molar-refractivity contribution in [1.82, 2.24) is 10.2 Å². The summed E-state index contributed by atoms with van der Waals surface area (Å²) < 4.78 is 23.8. The molecule has 1 N–H and O–H groups in total. The van der Waals surface area contributed by atoms with E-state index in [1.807, 2.05) is 60.7 Å². The van der Waals surface area contributed by atoms with E-state index >= 15 is 0 Å². The first-order chi connectivity index (χ1) is 23.9. The molecule has 0 fully saturated rings. The number of aliphatic hydroxyl groups excluding tert-OH is 1. The van der Waals surface area contributed by atoms with Crippen molar-refractivity contribution < 1.29 is 33.3 Å². The molecule has 49 heavy (non-hydrogen) atoms. The number of amides is 1. The van der Waals surface area contributed by atoms with Crippen LogP contribution >= 0.6 is 23.1 Å². The Morgan fingerprint density at radius 2 is 1.61 bits per heavy atom. The second-order valence-corrected chi connectivity index (χ2v) is 13.1. The minimum absolute atomic E-state index is 0.0631. The predicted octanol–water partition coefficient (Wildman–Crippen LogP) is 7.96. The van der Waals surface area contributed by atoms with E-state index in [-0.39, 0.29) is 16.5 Å². The molecule has 0 saturated carbocycles. The van der Waals surface area contributed by atoms with Gasteiger partial charge in [0.1, 0.15) is 6.61 Å². The molecule has 0 aliphatic carbocycles. The molecule has 1 amide bonds. The zero-order valence-corrected chi connectivity index (χ0v) is 28.0. The summed E-state index contributed by atoms with van der Waals surface area (Å²) in [5.41, 5.74) is 2.76. The maximum atomic E-state index is 14.3. The number of hydrogen-bond donors (Lipinski definition) is 1. The van der Waals surface area contributed by atoms with Crippen molar-refractivity contribution in [2.24, 2.45) is 0 Å². The Hall–Kier alpha value is -5.59. The molecule has 0 spiro atoms. The summed E-state index contributed by atoms with van der Waals surface area (Å²) in [4.78, 5) is 29.4. The Labute approximate surface area is 289 Å². The van der Waals surface area contributed by atoms with Crippen LogP contribution in [0.15, 0.2) is 123 Å². The number of carbonyl (C=O) groups is 2. The normalized spacial score (nSPS) is 14.4. The van der Waals surface area contributed by atoms with Gasteiger partial charge in [0.25, 0.3) is 5.91 Å². The van der Waals surface area contributed by atoms with E-state index in [4.69, 9.17) is 18.6 Å². The van der Waals surface area contributed by atoms with Crippen LogP contribution in [0.25, 0.3) is 11.0 Å². The van der Waals surface area contributed by atoms with Gasteiger partial charge in [0, 0.05) is 11.1 Å². The van der Waals surface area contributed by atoms with Crippen LogP contribution in [0.2, 0.25) is 0 Å². The monoisotopic (exact) mass is 691 g/mol. The molecule has 0 bridgehead atoms. The Morgan fingerprint density at radius 3 is 2.35 bits per heavy atom. The first-order valence-corrected chi connectivity index (χ1v) is 17.0. The van der Waals surface area contributed by atoms with Crippen LogP contribution < -0.4 is 19.1 Å². The molecule has 7 rings (SSSR count). The predicted molar refractivity (Wildman–Crippen MR) is 187 cm³/mol. The summed E-state index contributed by atoms with van der Waals surface area (Å²) in [6, 6.07) is 30.5. The highest BCUT2D eigenvalue weighted by Gasteiger charge is 2.47. The number of methoxy groups -OCH3 is 2. The van der Waals surface area contributed by atoms with Crippen molar-refractivity contribution in [3.63, 3.8) is 0 Å². The number of anilines is 1. The Balaban J connectivity index is 1.26. The molecule has 246 valence electrons. The number of rotatable bonds is 12. The molecule has 1 aliphatic rings. The molecule has 1 atom stereocenters. The third kappa shape index (κ3) is 6.35. The van der Waals surface area contributed by atoms with E-state index in [9.17, 15) is 14.7 Å². The molecule has 3 heterocycles. The van der Waals surface area contributed by atoms with Gasteiger partial charge in [-0.2, -0.15) is 0 Å². The third-order valence-corrected chi connectivity index (χ3v) is 10.1. The van der Waals surface area contributed by atoms with Crippen molar-refractivity contribution in [1.29, 1.82) is 0 Å². The van der Waals surface area contributed by atoms with Gasteiger partial charge >= 0.3 is 0 Å². The largest absolute Gasteiger partial charge is 0.503 e. The average Bonchev–Trinajstić information content (AvgIpc) is 3.86. The number of benzene rings is 4. The van der Waals surface area contributed by atoms with Gasteiger partial charge in [-0.05, 0) is 41.0 Å². The second-order valence-electron chi connectivity index (χ2n) is 11.0. The number of thioether (sulfide) groups is 1. The van der Waals surface area contributed by atoms with Crippen LogP contribution in [0, 0.1) is 0 Å². The Kier molecular flexibility index (Phi) is 9.05. The number of aliphatic hydroxyl groups is 1. The quantitative estimate of drug-likeness (QED) is 0.0768. The number of furan rings is 1. The number of hydrogen-bond acceptors (Lipinski definition) is 11. The lowest BCUT2D eigenvalue weighted by atomic mass is 9.95. The average molecular weight is 692 g/mol. The Morgan fingerprint density at radius 1 is 0.878 bits per heavy atom. The van der Waals surface area contributed by atoms with Crippen molar-refractivity contribution in [2.45, 2.75) is 22.7 Å². The van der Waals surface area contributed by atoms with Crippen LogP contribution in [-0.2, 0) is 17.2 Å². The molecular weight excluding hydrogens is 663 g/mol. The van der Waals surface area contributed by atoms with Gasteiger partial charge < -0.3 is 23.7 Å². The fourth-order valence-electron chi connectivity index (χ4n) is 5.58. The van der Waals surface area contributed by atoms with Crippen molar-refractivity contribution in [2.75, 3.05) is 19.1 Å². The topological polar surface area (TPSA) is 124 Å². The van der Waals surface area contributed by atoms with Crippen LogP contribution in [0.5, 0.6) is 17.2 Å². The zero-order chi connectivity index (χ0) is 33.9. The lowest BCUT2D eigenvalue weighted by molar-refractivity contribution is -0.117. The zero-order valence-electron chi connectivity index (χ0n) is 26.4. The van der Waals surface area contributed by atoms with Gasteiger partial charge in [-0.3, -0.25) is 14.5 Å². The lowest BCUT2D eigenvalue weighted by Gasteiger charge is -2.24. The van der Waals surface area contributed by atoms with Crippen molar-refractivity contribution >= 4 is 50.9 Å². The van der Waals surface area contributed by atoms with Gasteiger partial charge in [-0.1, -0.05) is 102 Å². The molecule has 1 unspecified atom stereocenters. The number of carbonyl (C=O) groups excluding carboxylic acids is 2. The fraction of sp³-hybridized carbons (Fsp3) is 0.135. The first kappa shape index (κ1) is 32.0. The molecule has 10 nitrogen and oxygen atoms in total. The standard InChI is InChI=1S/C37H29N3O7S2/c1-44-27-15-9-14-25-19-29(47-34(25)27)32(41)30-31(24-16-17-26(28(18-24)45-2)46-20-22-10-5-3-6-11-22)40(35(43)33(30)42)36-38-39-37(49-36)48-21-23-12-7-4-8-13-23/h3-19,31,42H,20-21H2,1-2H3. The highest BCUT2D eigenvalue weighted by atomic mass is 32.2. The third-order valence-electron chi connectivity index (χ3n) is 7.95. The van der Waals surface area contributed by atoms with Gasteiger partial charge in [0.05, 0.1) is 25.8 Å². The number of fused-ring (bicyclic) bond motifs is 1. The minimum atomic E-state index is -1.09. The van der Waals surface area contributed by atoms with E-state index in [1.165, 1.54) is 42.2 Å². The summed E-state index contributed by atoms with van der Waals surface area (Å²) in [7, 11) is 3.01. The van der Waals surface area contributed by atoms with Crippen LogP contribution in [0.4, 0.5) is 5.13 Å². The number of Topliss-reactive ketones (excluding diaryl/α,β-unsaturated/α-hetero) is 1. The van der Waals surface area contributed by atoms with E-state index < -0.39 is 23.5 Å². The van der Waals surface area contributed by atoms with Crippen LogP contribution in [-0.4, -0.2) is 41.2 Å². The molecule has 1 aliphatic heterocycles. The van der Waals surface area contributed by atoms with Crippen LogP contribution in [0.1, 0.15) is 33.3 Å². The number of nitrogens with zero attached hydrogens (tertiary/aromatic N) is 3. The van der Waals surface area contributed by atoms with Crippen molar-refractivity contribution in [3.8, 4) is 17.2 Å². The highest BCUT2D eigenvalue weighted by molar-refractivity contribution is 8.00. The van der Waals surface area contributed by atoms with Gasteiger partial charge in [0.2, 0.25) is 10.9 Å². The number of para-hydroxylation sites is 1. The molecule has 0 saturated heterocycles. The van der Waals surface area contributed by atoms with Gasteiger partial charge in [-0.25, -0.2) is 0 Å². The van der Waals surface area contributed by atoms with Crippen molar-refractivity contribution in [3.05, 3.63) is 137 Å². The molecule has 0 radical (unpaired) electrons. The first-order valence-electron chi connectivity index (χ1n) is 15.2. The van der Waals surface area contributed by atoms with Gasteiger partial charge in [0.15, 0.2) is 38.7 Å². The number of ketones is 1. The SMILES string of the molecule is COc1cc(C2C(C(=O)c3cc4cccc(OC)c4o3)=C(O)C(=O)N2c2nnc(SCc3ccccc3)s2)ccc1OCc1ccccc1. The molecular formula is C37H29N3O7S2. The summed E-state index contributed by atoms with van der Waals surface area (Å²) in [6.45, 7) is 0.304. The number of aromatic nitrogens is 2. The molecule has 12 heteroatoms. The number of ether oxygens (including phenoxy) is 3. The summed E-state index contributed by atoms with van der Waals surface area (Å²) in [5.74, 6) is -0.288. The maximum absolute atomic E-state index is 14.3. The summed E-state index contributed by atoms with van der Waals surface area (Å²) in [6.07, 6.45) is 0.